The van der Waals surface area contributed by atoms with Crippen LogP contribution in [0.2, 0.25) is 0 Å². The number of benzene rings is 1. The topological polar surface area (TPSA) is 50.4 Å². The zero-order valence-corrected chi connectivity index (χ0v) is 14.7. The average molecular weight is 426 g/mol. The lowest BCUT2D eigenvalue weighted by molar-refractivity contribution is 0.496. The average Bonchev–Trinajstić information content (AvgIpc) is 2.34. The summed E-state index contributed by atoms with van der Waals surface area (Å²) in [5.74, 6) is 1.09. The maximum absolute atomic E-state index is 5.62. The summed E-state index contributed by atoms with van der Waals surface area (Å²) < 4.78 is 1.13. The van der Waals surface area contributed by atoms with Crippen molar-refractivity contribution in [1.29, 1.82) is 0 Å². The first-order valence-electron chi connectivity index (χ1n) is 5.86. The lowest BCUT2D eigenvalue weighted by atomic mass is 9.97. The standard InChI is InChI=1S/C13H20BrN3.HI/c1-3-10(9-17-13(15)16-2)7-11-5-4-6-12(14)8-11;/h4-6,8,10H,3,7,9H2,1-2H3,(H3,15,16,17);1H. The number of aliphatic imine (C=N–C) groups is 1. The molecule has 0 saturated heterocycles. The van der Waals surface area contributed by atoms with Gasteiger partial charge in [0.1, 0.15) is 0 Å². The second-order valence-corrected chi connectivity index (χ2v) is 5.01. The number of nitrogens with two attached hydrogens (primary N) is 1. The first kappa shape index (κ1) is 17.7. The van der Waals surface area contributed by atoms with Crippen LogP contribution in [0.4, 0.5) is 0 Å². The summed E-state index contributed by atoms with van der Waals surface area (Å²) in [6.45, 7) is 3.07. The van der Waals surface area contributed by atoms with Crippen LogP contribution in [0.15, 0.2) is 33.7 Å². The molecule has 1 atom stereocenters. The Hall–Kier alpha value is -0.300. The molecule has 0 aliphatic heterocycles. The minimum atomic E-state index is 0. The highest BCUT2D eigenvalue weighted by molar-refractivity contribution is 14.0. The van der Waals surface area contributed by atoms with Crippen molar-refractivity contribution in [2.45, 2.75) is 19.8 Å². The van der Waals surface area contributed by atoms with Crippen molar-refractivity contribution in [2.24, 2.45) is 16.6 Å². The van der Waals surface area contributed by atoms with E-state index in [0.717, 1.165) is 23.9 Å². The van der Waals surface area contributed by atoms with Crippen molar-refractivity contribution in [1.82, 2.24) is 5.32 Å². The molecule has 3 N–H and O–H groups in total. The van der Waals surface area contributed by atoms with E-state index in [2.05, 4.69) is 51.4 Å². The van der Waals surface area contributed by atoms with Gasteiger partial charge in [0.15, 0.2) is 5.96 Å². The van der Waals surface area contributed by atoms with Gasteiger partial charge in [-0.15, -0.1) is 24.0 Å². The Balaban J connectivity index is 0.00000289. The third kappa shape index (κ3) is 6.58. The Bertz CT molecular complexity index is 382. The van der Waals surface area contributed by atoms with Crippen LogP contribution in [0.1, 0.15) is 18.9 Å². The molecule has 1 rings (SSSR count). The van der Waals surface area contributed by atoms with Crippen molar-refractivity contribution in [3.8, 4) is 0 Å². The SMILES string of the molecule is CCC(CNC(N)=NC)Cc1cccc(Br)c1.I. The van der Waals surface area contributed by atoms with E-state index in [1.54, 1.807) is 7.05 Å². The molecule has 1 unspecified atom stereocenters. The highest BCUT2D eigenvalue weighted by Crippen LogP contribution is 2.16. The van der Waals surface area contributed by atoms with E-state index in [1.807, 2.05) is 6.07 Å². The van der Waals surface area contributed by atoms with Gasteiger partial charge in [-0.1, -0.05) is 41.4 Å². The summed E-state index contributed by atoms with van der Waals surface area (Å²) in [5.41, 5.74) is 6.97. The van der Waals surface area contributed by atoms with Gasteiger partial charge in [-0.05, 0) is 30.0 Å². The zero-order valence-electron chi connectivity index (χ0n) is 10.8. The maximum Gasteiger partial charge on any atom is 0.188 e. The van der Waals surface area contributed by atoms with Crippen LogP contribution in [0.3, 0.4) is 0 Å². The quantitative estimate of drug-likeness (QED) is 0.432. The van der Waals surface area contributed by atoms with Gasteiger partial charge in [0, 0.05) is 18.1 Å². The predicted octanol–water partition coefficient (Wildman–Crippen LogP) is 3.17. The molecule has 0 aliphatic rings. The lowest BCUT2D eigenvalue weighted by Gasteiger charge is -2.16. The molecule has 18 heavy (non-hydrogen) atoms. The minimum absolute atomic E-state index is 0. The van der Waals surface area contributed by atoms with E-state index in [-0.39, 0.29) is 24.0 Å². The molecular weight excluding hydrogens is 405 g/mol. The van der Waals surface area contributed by atoms with E-state index in [1.165, 1.54) is 5.56 Å². The third-order valence-corrected chi connectivity index (χ3v) is 3.30. The van der Waals surface area contributed by atoms with E-state index < -0.39 is 0 Å². The number of halogens is 2. The molecule has 0 aliphatic carbocycles. The van der Waals surface area contributed by atoms with E-state index in [0.29, 0.717) is 11.9 Å². The van der Waals surface area contributed by atoms with Crippen LogP contribution < -0.4 is 11.1 Å². The maximum atomic E-state index is 5.62. The molecule has 0 saturated carbocycles. The molecule has 0 spiro atoms. The highest BCUT2D eigenvalue weighted by Gasteiger charge is 2.08. The van der Waals surface area contributed by atoms with E-state index in [4.69, 9.17) is 5.73 Å². The smallest absolute Gasteiger partial charge is 0.188 e. The van der Waals surface area contributed by atoms with Gasteiger partial charge in [0.05, 0.1) is 0 Å². The third-order valence-electron chi connectivity index (χ3n) is 2.80. The fourth-order valence-corrected chi connectivity index (χ4v) is 2.13. The molecule has 0 heterocycles. The van der Waals surface area contributed by atoms with Gasteiger partial charge in [-0.3, -0.25) is 4.99 Å². The molecule has 5 heteroatoms. The second-order valence-electron chi connectivity index (χ2n) is 4.10. The van der Waals surface area contributed by atoms with Crippen LogP contribution in [0, 0.1) is 5.92 Å². The van der Waals surface area contributed by atoms with Crippen molar-refractivity contribution in [3.05, 3.63) is 34.3 Å². The first-order chi connectivity index (χ1) is 8.15. The molecule has 0 aromatic heterocycles. The Labute approximate surface area is 135 Å². The Kier molecular flexibility index (Phi) is 9.45. The summed E-state index contributed by atoms with van der Waals surface area (Å²) in [4.78, 5) is 3.89. The monoisotopic (exact) mass is 425 g/mol. The lowest BCUT2D eigenvalue weighted by Crippen LogP contribution is -2.35. The molecule has 0 radical (unpaired) electrons. The van der Waals surface area contributed by atoms with Gasteiger partial charge in [-0.25, -0.2) is 0 Å². The van der Waals surface area contributed by atoms with Crippen LogP contribution in [-0.4, -0.2) is 19.6 Å². The minimum Gasteiger partial charge on any atom is -0.370 e. The van der Waals surface area contributed by atoms with Gasteiger partial charge in [0.25, 0.3) is 0 Å². The van der Waals surface area contributed by atoms with Crippen LogP contribution in [-0.2, 0) is 6.42 Å². The molecular formula is C13H21BrIN3. The van der Waals surface area contributed by atoms with Gasteiger partial charge >= 0.3 is 0 Å². The van der Waals surface area contributed by atoms with Gasteiger partial charge < -0.3 is 11.1 Å². The molecule has 1 aromatic carbocycles. The van der Waals surface area contributed by atoms with E-state index in [9.17, 15) is 0 Å². The van der Waals surface area contributed by atoms with Crippen LogP contribution >= 0.6 is 39.9 Å². The van der Waals surface area contributed by atoms with Crippen molar-refractivity contribution in [3.63, 3.8) is 0 Å². The Morgan fingerprint density at radius 3 is 2.78 bits per heavy atom. The summed E-state index contributed by atoms with van der Waals surface area (Å²) >= 11 is 3.49. The summed E-state index contributed by atoms with van der Waals surface area (Å²) in [6, 6.07) is 8.44. The second kappa shape index (κ2) is 9.61. The number of hydrogen-bond acceptors (Lipinski definition) is 1. The molecule has 0 bridgehead atoms. The largest absolute Gasteiger partial charge is 0.370 e. The fraction of sp³-hybridized carbons (Fsp3) is 0.462. The highest BCUT2D eigenvalue weighted by atomic mass is 127. The number of nitrogens with zero attached hydrogens (tertiary/aromatic N) is 1. The molecule has 0 amide bonds. The van der Waals surface area contributed by atoms with Crippen molar-refractivity contribution >= 4 is 45.9 Å². The molecule has 0 fully saturated rings. The van der Waals surface area contributed by atoms with Crippen LogP contribution in [0.5, 0.6) is 0 Å². The van der Waals surface area contributed by atoms with Gasteiger partial charge in [0.2, 0.25) is 0 Å². The summed E-state index contributed by atoms with van der Waals surface area (Å²) in [7, 11) is 1.69. The normalized spacial score (nSPS) is 12.7. The van der Waals surface area contributed by atoms with Gasteiger partial charge in [-0.2, -0.15) is 0 Å². The number of hydrogen-bond donors (Lipinski definition) is 2. The summed E-state index contributed by atoms with van der Waals surface area (Å²) in [5, 5.41) is 3.13. The van der Waals surface area contributed by atoms with Crippen molar-refractivity contribution < 1.29 is 0 Å². The van der Waals surface area contributed by atoms with Crippen molar-refractivity contribution in [2.75, 3.05) is 13.6 Å². The zero-order chi connectivity index (χ0) is 12.7. The van der Waals surface area contributed by atoms with E-state index >= 15 is 0 Å². The number of nitrogens with one attached hydrogen (secondary N) is 1. The summed E-state index contributed by atoms with van der Waals surface area (Å²) in [6.07, 6.45) is 2.18. The molecule has 3 nitrogen and oxygen atoms in total. The predicted molar refractivity (Wildman–Crippen MR) is 92.6 cm³/mol. The molecule has 102 valence electrons. The van der Waals surface area contributed by atoms with Crippen LogP contribution in [0.25, 0.3) is 0 Å². The number of guanidine groups is 1. The molecule has 1 aromatic rings. The Morgan fingerprint density at radius 2 is 2.22 bits per heavy atom. The fourth-order valence-electron chi connectivity index (χ4n) is 1.69. The first-order valence-corrected chi connectivity index (χ1v) is 6.65. The number of rotatable bonds is 5. The Morgan fingerprint density at radius 1 is 1.50 bits per heavy atom.